The second kappa shape index (κ2) is 5.74. The van der Waals surface area contributed by atoms with E-state index < -0.39 is 0 Å². The van der Waals surface area contributed by atoms with Gasteiger partial charge in [-0.25, -0.2) is 0 Å². The summed E-state index contributed by atoms with van der Waals surface area (Å²) in [5, 5.41) is 2.66. The van der Waals surface area contributed by atoms with Crippen molar-refractivity contribution in [2.24, 2.45) is 5.73 Å². The van der Waals surface area contributed by atoms with Gasteiger partial charge in [0.05, 0.1) is 13.1 Å². The summed E-state index contributed by atoms with van der Waals surface area (Å²) in [5.41, 5.74) is 5.84. The first-order chi connectivity index (χ1) is 7.13. The van der Waals surface area contributed by atoms with Crippen molar-refractivity contribution in [2.75, 3.05) is 19.6 Å². The van der Waals surface area contributed by atoms with Gasteiger partial charge in [0.25, 0.3) is 0 Å². The molecule has 0 aromatic rings. The van der Waals surface area contributed by atoms with Gasteiger partial charge in [0.15, 0.2) is 0 Å². The number of terminal acetylenes is 1. The Morgan fingerprint density at radius 1 is 1.73 bits per heavy atom. The molecule has 4 nitrogen and oxygen atoms in total. The first-order valence-electron chi connectivity index (χ1n) is 5.33. The topological polar surface area (TPSA) is 58.4 Å². The minimum atomic E-state index is -0.00438. The smallest absolute Gasteiger partial charge is 0.234 e. The van der Waals surface area contributed by atoms with Crippen LogP contribution in [-0.2, 0) is 4.79 Å². The quantitative estimate of drug-likeness (QED) is 0.619. The van der Waals surface area contributed by atoms with Gasteiger partial charge in [0.2, 0.25) is 5.91 Å². The van der Waals surface area contributed by atoms with Crippen LogP contribution < -0.4 is 11.1 Å². The Hall–Kier alpha value is -1.05. The van der Waals surface area contributed by atoms with Crippen molar-refractivity contribution in [2.45, 2.75) is 31.8 Å². The molecule has 1 fully saturated rings. The summed E-state index contributed by atoms with van der Waals surface area (Å²) in [6, 6.07) is 0.662. The average molecular weight is 209 g/mol. The van der Waals surface area contributed by atoms with Gasteiger partial charge in [-0.15, -0.1) is 6.42 Å². The fourth-order valence-corrected chi connectivity index (χ4v) is 1.88. The number of carbonyl (C=O) groups excluding carboxylic acids is 1. The SMILES string of the molecule is C#CCNC(=O)CN1CCC(N)CC1C. The number of nitrogens with two attached hydrogens (primary N) is 1. The van der Waals surface area contributed by atoms with E-state index in [-0.39, 0.29) is 11.9 Å². The molecule has 0 bridgehead atoms. The molecular weight excluding hydrogens is 190 g/mol. The van der Waals surface area contributed by atoms with Crippen LogP contribution >= 0.6 is 0 Å². The highest BCUT2D eigenvalue weighted by molar-refractivity contribution is 5.78. The lowest BCUT2D eigenvalue weighted by atomic mass is 9.99. The molecule has 3 N–H and O–H groups in total. The molecular formula is C11H19N3O. The molecule has 0 spiro atoms. The minimum Gasteiger partial charge on any atom is -0.344 e. The predicted molar refractivity (Wildman–Crippen MR) is 60.1 cm³/mol. The highest BCUT2D eigenvalue weighted by atomic mass is 16.2. The number of nitrogens with one attached hydrogen (secondary N) is 1. The van der Waals surface area contributed by atoms with Gasteiger partial charge in [0, 0.05) is 18.6 Å². The summed E-state index contributed by atoms with van der Waals surface area (Å²) in [6.07, 6.45) is 6.99. The van der Waals surface area contributed by atoms with Gasteiger partial charge >= 0.3 is 0 Å². The van der Waals surface area contributed by atoms with Crippen LogP contribution in [0.15, 0.2) is 0 Å². The van der Waals surface area contributed by atoms with Crippen LogP contribution in [0.3, 0.4) is 0 Å². The Morgan fingerprint density at radius 2 is 2.47 bits per heavy atom. The van der Waals surface area contributed by atoms with Gasteiger partial charge in [-0.3, -0.25) is 9.69 Å². The first kappa shape index (κ1) is 12.0. The van der Waals surface area contributed by atoms with Crippen LogP contribution in [-0.4, -0.2) is 42.5 Å². The molecule has 1 amide bonds. The van der Waals surface area contributed by atoms with Crippen molar-refractivity contribution < 1.29 is 4.79 Å². The maximum atomic E-state index is 11.4. The second-order valence-electron chi connectivity index (χ2n) is 4.08. The van der Waals surface area contributed by atoms with Crippen LogP contribution in [0, 0.1) is 12.3 Å². The largest absolute Gasteiger partial charge is 0.344 e. The molecule has 0 aromatic heterocycles. The number of hydrogen-bond donors (Lipinski definition) is 2. The molecule has 0 saturated carbocycles. The van der Waals surface area contributed by atoms with Gasteiger partial charge < -0.3 is 11.1 Å². The summed E-state index contributed by atoms with van der Waals surface area (Å²) in [5.74, 6) is 2.38. The fourth-order valence-electron chi connectivity index (χ4n) is 1.88. The lowest BCUT2D eigenvalue weighted by Gasteiger charge is -2.35. The van der Waals surface area contributed by atoms with Crippen molar-refractivity contribution in [3.63, 3.8) is 0 Å². The highest BCUT2D eigenvalue weighted by Crippen LogP contribution is 2.14. The molecule has 2 unspecified atom stereocenters. The molecule has 2 atom stereocenters. The number of likely N-dealkylation sites (tertiary alicyclic amines) is 1. The summed E-state index contributed by atoms with van der Waals surface area (Å²) in [4.78, 5) is 13.6. The molecule has 4 heteroatoms. The Balaban J connectivity index is 2.32. The zero-order valence-corrected chi connectivity index (χ0v) is 9.20. The van der Waals surface area contributed by atoms with Crippen LogP contribution in [0.2, 0.25) is 0 Å². The third-order valence-electron chi connectivity index (χ3n) is 2.79. The number of nitrogens with zero attached hydrogens (tertiary/aromatic N) is 1. The van der Waals surface area contributed by atoms with E-state index in [0.717, 1.165) is 19.4 Å². The lowest BCUT2D eigenvalue weighted by molar-refractivity contribution is -0.122. The third kappa shape index (κ3) is 3.90. The van der Waals surface area contributed by atoms with Crippen LogP contribution in [0.5, 0.6) is 0 Å². The molecule has 0 aliphatic carbocycles. The molecule has 0 aromatic carbocycles. The number of hydrogen-bond acceptors (Lipinski definition) is 3. The van der Waals surface area contributed by atoms with E-state index in [9.17, 15) is 4.79 Å². The molecule has 1 saturated heterocycles. The lowest BCUT2D eigenvalue weighted by Crippen LogP contribution is -2.49. The summed E-state index contributed by atoms with van der Waals surface area (Å²) >= 11 is 0. The first-order valence-corrected chi connectivity index (χ1v) is 5.33. The van der Waals surface area contributed by atoms with E-state index in [4.69, 9.17) is 12.2 Å². The van der Waals surface area contributed by atoms with Crippen LogP contribution in [0.1, 0.15) is 19.8 Å². The van der Waals surface area contributed by atoms with Crippen molar-refractivity contribution in [3.05, 3.63) is 0 Å². The predicted octanol–water partition coefficient (Wildman–Crippen LogP) is -0.453. The Labute approximate surface area is 91.2 Å². The Kier molecular flexibility index (Phi) is 4.60. The molecule has 1 rings (SSSR count). The molecule has 0 radical (unpaired) electrons. The van der Waals surface area contributed by atoms with E-state index in [1.165, 1.54) is 0 Å². The average Bonchev–Trinajstić information content (AvgIpc) is 2.19. The zero-order chi connectivity index (χ0) is 11.3. The van der Waals surface area contributed by atoms with Crippen molar-refractivity contribution in [1.82, 2.24) is 10.2 Å². The van der Waals surface area contributed by atoms with E-state index in [1.54, 1.807) is 0 Å². The van der Waals surface area contributed by atoms with Gasteiger partial charge in [0.1, 0.15) is 0 Å². The van der Waals surface area contributed by atoms with Crippen LogP contribution in [0.4, 0.5) is 0 Å². The van der Waals surface area contributed by atoms with Crippen molar-refractivity contribution in [1.29, 1.82) is 0 Å². The third-order valence-corrected chi connectivity index (χ3v) is 2.79. The summed E-state index contributed by atoms with van der Waals surface area (Å²) in [7, 11) is 0. The van der Waals surface area contributed by atoms with Gasteiger partial charge in [-0.1, -0.05) is 5.92 Å². The number of amides is 1. The van der Waals surface area contributed by atoms with E-state index in [1.807, 2.05) is 0 Å². The van der Waals surface area contributed by atoms with Gasteiger partial charge in [-0.05, 0) is 19.8 Å². The van der Waals surface area contributed by atoms with Gasteiger partial charge in [-0.2, -0.15) is 0 Å². The van der Waals surface area contributed by atoms with Crippen LogP contribution in [0.25, 0.3) is 0 Å². The zero-order valence-electron chi connectivity index (χ0n) is 9.20. The maximum Gasteiger partial charge on any atom is 0.234 e. The van der Waals surface area contributed by atoms with E-state index >= 15 is 0 Å². The molecule has 84 valence electrons. The number of piperidine rings is 1. The normalized spacial score (nSPS) is 27.0. The molecule has 15 heavy (non-hydrogen) atoms. The monoisotopic (exact) mass is 209 g/mol. The number of rotatable bonds is 3. The van der Waals surface area contributed by atoms with E-state index in [2.05, 4.69) is 23.1 Å². The highest BCUT2D eigenvalue weighted by Gasteiger charge is 2.24. The second-order valence-corrected chi connectivity index (χ2v) is 4.08. The summed E-state index contributed by atoms with van der Waals surface area (Å²) < 4.78 is 0. The summed E-state index contributed by atoms with van der Waals surface area (Å²) in [6.45, 7) is 3.73. The maximum absolute atomic E-state index is 11.4. The molecule has 1 heterocycles. The standard InChI is InChI=1S/C11H19N3O/c1-3-5-13-11(15)8-14-6-4-10(12)7-9(14)2/h1,9-10H,4-8,12H2,2H3,(H,13,15). The van der Waals surface area contributed by atoms with Crippen molar-refractivity contribution in [3.8, 4) is 12.3 Å². The van der Waals surface area contributed by atoms with E-state index in [0.29, 0.717) is 19.1 Å². The van der Waals surface area contributed by atoms with Crippen molar-refractivity contribution >= 4 is 5.91 Å². The molecule has 1 aliphatic heterocycles. The fraction of sp³-hybridized carbons (Fsp3) is 0.727. The Morgan fingerprint density at radius 3 is 3.07 bits per heavy atom. The molecule has 1 aliphatic rings. The Bertz CT molecular complexity index is 259. The minimum absolute atomic E-state index is 0.00438. The number of carbonyl (C=O) groups is 1.